The van der Waals surface area contributed by atoms with E-state index >= 15 is 0 Å². The molecule has 1 aromatic carbocycles. The lowest BCUT2D eigenvalue weighted by Crippen LogP contribution is -2.26. The monoisotopic (exact) mass is 261 g/mol. The molecular formula is C14H15NO2S. The van der Waals surface area contributed by atoms with Crippen LogP contribution in [-0.4, -0.2) is 26.2 Å². The van der Waals surface area contributed by atoms with Crippen molar-refractivity contribution in [3.05, 3.63) is 47.3 Å². The molecule has 1 aromatic heterocycles. The molecule has 3 nitrogen and oxygen atoms in total. The van der Waals surface area contributed by atoms with Gasteiger partial charge in [-0.3, -0.25) is 4.79 Å². The molecule has 0 radical (unpaired) electrons. The first-order chi connectivity index (χ1) is 8.81. The Hall–Kier alpha value is -1.65. The minimum atomic E-state index is -0.0424. The zero-order chi connectivity index (χ0) is 12.8. The lowest BCUT2D eigenvalue weighted by atomic mass is 10.2. The van der Waals surface area contributed by atoms with E-state index in [9.17, 15) is 4.79 Å². The molecule has 18 heavy (non-hydrogen) atoms. The van der Waals surface area contributed by atoms with Crippen molar-refractivity contribution in [3.8, 4) is 10.4 Å². The predicted octanol–water partition coefficient (Wildman–Crippen LogP) is 2.79. The average Bonchev–Trinajstić information content (AvgIpc) is 2.89. The number of carbonyl (C=O) groups is 1. The summed E-state index contributed by atoms with van der Waals surface area (Å²) in [6.45, 7) is 1.07. The minimum Gasteiger partial charge on any atom is -0.383 e. The molecule has 0 saturated heterocycles. The van der Waals surface area contributed by atoms with E-state index < -0.39 is 0 Å². The second-order valence-electron chi connectivity index (χ2n) is 3.78. The SMILES string of the molecule is COCCNC(=O)c1ccc(-c2ccccc2)s1. The van der Waals surface area contributed by atoms with Crippen LogP contribution in [0.5, 0.6) is 0 Å². The van der Waals surface area contributed by atoms with Crippen LogP contribution in [0.1, 0.15) is 9.67 Å². The van der Waals surface area contributed by atoms with Gasteiger partial charge in [0.25, 0.3) is 5.91 Å². The van der Waals surface area contributed by atoms with Crippen LogP contribution in [0.15, 0.2) is 42.5 Å². The molecule has 0 bridgehead atoms. The molecule has 0 fully saturated rings. The Morgan fingerprint density at radius 2 is 2.00 bits per heavy atom. The Morgan fingerprint density at radius 3 is 2.72 bits per heavy atom. The molecule has 94 valence electrons. The summed E-state index contributed by atoms with van der Waals surface area (Å²) >= 11 is 1.50. The first-order valence-electron chi connectivity index (χ1n) is 5.73. The molecule has 0 aliphatic rings. The number of hydrogen-bond donors (Lipinski definition) is 1. The van der Waals surface area contributed by atoms with E-state index in [1.165, 1.54) is 11.3 Å². The molecule has 0 unspecified atom stereocenters. The zero-order valence-corrected chi connectivity index (χ0v) is 11.0. The van der Waals surface area contributed by atoms with E-state index in [1.54, 1.807) is 7.11 Å². The van der Waals surface area contributed by atoms with Crippen molar-refractivity contribution in [2.24, 2.45) is 0 Å². The van der Waals surface area contributed by atoms with Gasteiger partial charge in [0, 0.05) is 18.5 Å². The number of carbonyl (C=O) groups excluding carboxylic acids is 1. The van der Waals surface area contributed by atoms with E-state index in [4.69, 9.17) is 4.74 Å². The zero-order valence-electron chi connectivity index (χ0n) is 10.2. The van der Waals surface area contributed by atoms with Gasteiger partial charge in [-0.1, -0.05) is 30.3 Å². The highest BCUT2D eigenvalue weighted by molar-refractivity contribution is 7.17. The van der Waals surface area contributed by atoms with Crippen molar-refractivity contribution < 1.29 is 9.53 Å². The second-order valence-corrected chi connectivity index (χ2v) is 4.86. The van der Waals surface area contributed by atoms with Crippen molar-refractivity contribution in [2.75, 3.05) is 20.3 Å². The number of methoxy groups -OCH3 is 1. The highest BCUT2D eigenvalue weighted by atomic mass is 32.1. The van der Waals surface area contributed by atoms with Crippen LogP contribution in [0.4, 0.5) is 0 Å². The van der Waals surface area contributed by atoms with E-state index in [0.29, 0.717) is 13.2 Å². The van der Waals surface area contributed by atoms with Gasteiger partial charge in [0.15, 0.2) is 0 Å². The Kier molecular flexibility index (Phi) is 4.50. The van der Waals surface area contributed by atoms with Gasteiger partial charge in [0.1, 0.15) is 0 Å². The van der Waals surface area contributed by atoms with Crippen LogP contribution < -0.4 is 5.32 Å². The Labute approximate surface area is 110 Å². The van der Waals surface area contributed by atoms with Gasteiger partial charge in [0.05, 0.1) is 11.5 Å². The van der Waals surface area contributed by atoms with Crippen LogP contribution in [0.25, 0.3) is 10.4 Å². The first-order valence-corrected chi connectivity index (χ1v) is 6.55. The van der Waals surface area contributed by atoms with Crippen molar-refractivity contribution in [1.82, 2.24) is 5.32 Å². The lowest BCUT2D eigenvalue weighted by Gasteiger charge is -2.01. The summed E-state index contributed by atoms with van der Waals surface area (Å²) < 4.78 is 4.89. The van der Waals surface area contributed by atoms with Gasteiger partial charge in [-0.15, -0.1) is 11.3 Å². The quantitative estimate of drug-likeness (QED) is 0.840. The summed E-state index contributed by atoms with van der Waals surface area (Å²) in [5, 5.41) is 2.81. The molecule has 0 saturated carbocycles. The number of thiophene rings is 1. The molecule has 1 amide bonds. The van der Waals surface area contributed by atoms with Crippen LogP contribution in [-0.2, 0) is 4.74 Å². The molecule has 1 N–H and O–H groups in total. The third-order valence-electron chi connectivity index (χ3n) is 2.48. The van der Waals surface area contributed by atoms with Crippen LogP contribution in [0.3, 0.4) is 0 Å². The summed E-state index contributed by atoms with van der Waals surface area (Å²) in [5.74, 6) is -0.0424. The maximum atomic E-state index is 11.8. The van der Waals surface area contributed by atoms with Crippen molar-refractivity contribution in [1.29, 1.82) is 0 Å². The number of ether oxygens (including phenoxy) is 1. The Bertz CT molecular complexity index is 508. The van der Waals surface area contributed by atoms with Gasteiger partial charge < -0.3 is 10.1 Å². The van der Waals surface area contributed by atoms with Gasteiger partial charge in [-0.05, 0) is 17.7 Å². The minimum absolute atomic E-state index is 0.0424. The number of amides is 1. The average molecular weight is 261 g/mol. The molecule has 0 aliphatic carbocycles. The first kappa shape index (κ1) is 12.8. The number of hydrogen-bond acceptors (Lipinski definition) is 3. The highest BCUT2D eigenvalue weighted by Crippen LogP contribution is 2.27. The van der Waals surface area contributed by atoms with E-state index in [-0.39, 0.29) is 5.91 Å². The fraction of sp³-hybridized carbons (Fsp3) is 0.214. The van der Waals surface area contributed by atoms with E-state index in [2.05, 4.69) is 5.32 Å². The number of benzene rings is 1. The summed E-state index contributed by atoms with van der Waals surface area (Å²) in [6.07, 6.45) is 0. The summed E-state index contributed by atoms with van der Waals surface area (Å²) in [4.78, 5) is 13.6. The maximum Gasteiger partial charge on any atom is 0.261 e. The van der Waals surface area contributed by atoms with E-state index in [1.807, 2.05) is 42.5 Å². The lowest BCUT2D eigenvalue weighted by molar-refractivity contribution is 0.0941. The number of rotatable bonds is 5. The van der Waals surface area contributed by atoms with Crippen molar-refractivity contribution in [3.63, 3.8) is 0 Å². The van der Waals surface area contributed by atoms with Crippen LogP contribution in [0, 0.1) is 0 Å². The highest BCUT2D eigenvalue weighted by Gasteiger charge is 2.09. The molecule has 2 rings (SSSR count). The normalized spacial score (nSPS) is 10.3. The van der Waals surface area contributed by atoms with Crippen LogP contribution in [0.2, 0.25) is 0 Å². The molecule has 0 spiro atoms. The molecular weight excluding hydrogens is 246 g/mol. The van der Waals surface area contributed by atoms with Gasteiger partial charge in [-0.25, -0.2) is 0 Å². The Morgan fingerprint density at radius 1 is 1.22 bits per heavy atom. The largest absolute Gasteiger partial charge is 0.383 e. The van der Waals surface area contributed by atoms with Crippen LogP contribution >= 0.6 is 11.3 Å². The summed E-state index contributed by atoms with van der Waals surface area (Å²) in [5.41, 5.74) is 1.14. The Balaban J connectivity index is 2.04. The summed E-state index contributed by atoms with van der Waals surface area (Å²) in [6, 6.07) is 13.9. The third kappa shape index (κ3) is 3.18. The van der Waals surface area contributed by atoms with Crippen molar-refractivity contribution >= 4 is 17.2 Å². The maximum absolute atomic E-state index is 11.8. The number of nitrogens with one attached hydrogen (secondary N) is 1. The van der Waals surface area contributed by atoms with Gasteiger partial charge >= 0.3 is 0 Å². The summed E-state index contributed by atoms with van der Waals surface area (Å²) in [7, 11) is 1.62. The third-order valence-corrected chi connectivity index (χ3v) is 3.61. The second kappa shape index (κ2) is 6.33. The van der Waals surface area contributed by atoms with Crippen molar-refractivity contribution in [2.45, 2.75) is 0 Å². The standard InChI is InChI=1S/C14H15NO2S/c1-17-10-9-15-14(16)13-8-7-12(18-13)11-5-3-2-4-6-11/h2-8H,9-10H2,1H3,(H,15,16). The molecule has 4 heteroatoms. The molecule has 0 aliphatic heterocycles. The smallest absolute Gasteiger partial charge is 0.261 e. The fourth-order valence-corrected chi connectivity index (χ4v) is 2.50. The van der Waals surface area contributed by atoms with Gasteiger partial charge in [0.2, 0.25) is 0 Å². The van der Waals surface area contributed by atoms with E-state index in [0.717, 1.165) is 15.3 Å². The predicted molar refractivity (Wildman–Crippen MR) is 74.0 cm³/mol. The molecule has 0 atom stereocenters. The van der Waals surface area contributed by atoms with Gasteiger partial charge in [-0.2, -0.15) is 0 Å². The molecule has 2 aromatic rings. The topological polar surface area (TPSA) is 38.3 Å². The fourth-order valence-electron chi connectivity index (χ4n) is 1.57. The molecule has 1 heterocycles.